The summed E-state index contributed by atoms with van der Waals surface area (Å²) in [6.07, 6.45) is 0. The summed E-state index contributed by atoms with van der Waals surface area (Å²) in [5, 5.41) is 1.16. The van der Waals surface area contributed by atoms with E-state index in [4.69, 9.17) is 10.7 Å². The van der Waals surface area contributed by atoms with Crippen molar-refractivity contribution in [2.45, 2.75) is 6.92 Å². The van der Waals surface area contributed by atoms with Crippen LogP contribution in [0.25, 0.3) is 22.2 Å². The van der Waals surface area contributed by atoms with Gasteiger partial charge in [0.25, 0.3) is 0 Å². The Bertz CT molecular complexity index is 717. The number of benzene rings is 2. The highest BCUT2D eigenvalue weighted by Crippen LogP contribution is 2.25. The lowest BCUT2D eigenvalue weighted by atomic mass is 10.0. The van der Waals surface area contributed by atoms with Crippen LogP contribution in [0.3, 0.4) is 0 Å². The number of nitrogen functional groups attached to an aromatic ring is 1. The monoisotopic (exact) mass is 234 g/mol. The van der Waals surface area contributed by atoms with Crippen LogP contribution in [0.4, 0.5) is 5.69 Å². The summed E-state index contributed by atoms with van der Waals surface area (Å²) in [6, 6.07) is 18.2. The molecule has 0 aliphatic heterocycles. The zero-order chi connectivity index (χ0) is 12.5. The van der Waals surface area contributed by atoms with Crippen molar-refractivity contribution < 1.29 is 0 Å². The SMILES string of the molecule is Cc1ccc(N)cc1-c1ccc2ccccc2n1. The molecule has 0 aliphatic carbocycles. The summed E-state index contributed by atoms with van der Waals surface area (Å²) >= 11 is 0. The fraction of sp³-hybridized carbons (Fsp3) is 0.0625. The second-order valence-corrected chi connectivity index (χ2v) is 4.46. The highest BCUT2D eigenvalue weighted by Gasteiger charge is 2.04. The summed E-state index contributed by atoms with van der Waals surface area (Å²) < 4.78 is 0. The van der Waals surface area contributed by atoms with Crippen LogP contribution in [-0.2, 0) is 0 Å². The van der Waals surface area contributed by atoms with Crippen molar-refractivity contribution in [2.24, 2.45) is 0 Å². The normalized spacial score (nSPS) is 10.7. The number of hydrogen-bond acceptors (Lipinski definition) is 2. The number of aryl methyl sites for hydroxylation is 1. The fourth-order valence-corrected chi connectivity index (χ4v) is 2.13. The molecule has 3 rings (SSSR count). The highest BCUT2D eigenvalue weighted by molar-refractivity contribution is 5.82. The number of fused-ring (bicyclic) bond motifs is 1. The fourth-order valence-electron chi connectivity index (χ4n) is 2.13. The number of pyridine rings is 1. The topological polar surface area (TPSA) is 38.9 Å². The Morgan fingerprint density at radius 2 is 1.78 bits per heavy atom. The second kappa shape index (κ2) is 4.15. The van der Waals surface area contributed by atoms with Gasteiger partial charge in [-0.1, -0.05) is 30.3 Å². The Balaban J connectivity index is 2.22. The standard InChI is InChI=1S/C16H14N2/c1-11-6-8-13(17)10-14(11)16-9-7-12-4-2-3-5-15(12)18-16/h2-10H,17H2,1H3. The Hall–Kier alpha value is -2.35. The van der Waals surface area contributed by atoms with Gasteiger partial charge in [0, 0.05) is 16.6 Å². The molecule has 0 atom stereocenters. The smallest absolute Gasteiger partial charge is 0.0713 e. The van der Waals surface area contributed by atoms with E-state index in [1.54, 1.807) is 0 Å². The maximum absolute atomic E-state index is 5.85. The Morgan fingerprint density at radius 1 is 0.944 bits per heavy atom. The number of anilines is 1. The molecule has 2 aromatic carbocycles. The minimum Gasteiger partial charge on any atom is -0.399 e. The largest absolute Gasteiger partial charge is 0.399 e. The van der Waals surface area contributed by atoms with E-state index < -0.39 is 0 Å². The van der Waals surface area contributed by atoms with E-state index in [1.165, 1.54) is 5.56 Å². The number of nitrogens with zero attached hydrogens (tertiary/aromatic N) is 1. The van der Waals surface area contributed by atoms with Crippen LogP contribution in [-0.4, -0.2) is 4.98 Å². The van der Waals surface area contributed by atoms with Crippen molar-refractivity contribution in [2.75, 3.05) is 5.73 Å². The van der Waals surface area contributed by atoms with Crippen molar-refractivity contribution in [3.63, 3.8) is 0 Å². The molecule has 0 saturated carbocycles. The first kappa shape index (κ1) is 10.8. The molecule has 1 aromatic heterocycles. The molecule has 1 heterocycles. The molecular formula is C16H14N2. The molecule has 0 saturated heterocycles. The molecule has 2 N–H and O–H groups in total. The molecule has 0 spiro atoms. The molecule has 88 valence electrons. The van der Waals surface area contributed by atoms with Crippen LogP contribution in [0, 0.1) is 6.92 Å². The molecule has 0 fully saturated rings. The lowest BCUT2D eigenvalue weighted by molar-refractivity contribution is 1.36. The van der Waals surface area contributed by atoms with E-state index >= 15 is 0 Å². The third-order valence-electron chi connectivity index (χ3n) is 3.14. The van der Waals surface area contributed by atoms with Gasteiger partial charge in [-0.25, -0.2) is 4.98 Å². The van der Waals surface area contributed by atoms with Gasteiger partial charge >= 0.3 is 0 Å². The van der Waals surface area contributed by atoms with Crippen LogP contribution < -0.4 is 5.73 Å². The molecule has 0 unspecified atom stereocenters. The van der Waals surface area contributed by atoms with Gasteiger partial charge in [0.15, 0.2) is 0 Å². The van der Waals surface area contributed by atoms with Crippen LogP contribution in [0.1, 0.15) is 5.56 Å². The number of para-hydroxylation sites is 1. The predicted molar refractivity (Wildman–Crippen MR) is 76.3 cm³/mol. The van der Waals surface area contributed by atoms with Crippen LogP contribution in [0.15, 0.2) is 54.6 Å². The van der Waals surface area contributed by atoms with E-state index in [0.29, 0.717) is 0 Å². The molecule has 0 aliphatic rings. The van der Waals surface area contributed by atoms with Crippen LogP contribution in [0.2, 0.25) is 0 Å². The van der Waals surface area contributed by atoms with Crippen molar-refractivity contribution in [1.82, 2.24) is 4.98 Å². The van der Waals surface area contributed by atoms with Gasteiger partial charge in [0.05, 0.1) is 11.2 Å². The zero-order valence-electron chi connectivity index (χ0n) is 10.2. The Kier molecular flexibility index (Phi) is 2.49. The summed E-state index contributed by atoms with van der Waals surface area (Å²) in [5.74, 6) is 0. The Labute approximate surface area is 106 Å². The Morgan fingerprint density at radius 3 is 2.67 bits per heavy atom. The highest BCUT2D eigenvalue weighted by atomic mass is 14.7. The van der Waals surface area contributed by atoms with Gasteiger partial charge in [-0.3, -0.25) is 0 Å². The average molecular weight is 234 g/mol. The molecule has 2 heteroatoms. The first-order chi connectivity index (χ1) is 8.74. The first-order valence-electron chi connectivity index (χ1n) is 5.96. The van der Waals surface area contributed by atoms with Crippen LogP contribution in [0.5, 0.6) is 0 Å². The molecule has 2 nitrogen and oxygen atoms in total. The van der Waals surface area contributed by atoms with E-state index in [1.807, 2.05) is 42.5 Å². The third kappa shape index (κ3) is 1.82. The summed E-state index contributed by atoms with van der Waals surface area (Å²) in [4.78, 5) is 4.69. The van der Waals surface area contributed by atoms with E-state index in [-0.39, 0.29) is 0 Å². The van der Waals surface area contributed by atoms with Gasteiger partial charge in [-0.2, -0.15) is 0 Å². The second-order valence-electron chi connectivity index (χ2n) is 4.46. The van der Waals surface area contributed by atoms with Gasteiger partial charge in [-0.05, 0) is 36.8 Å². The summed E-state index contributed by atoms with van der Waals surface area (Å²) in [5.41, 5.74) is 10.9. The third-order valence-corrected chi connectivity index (χ3v) is 3.14. The van der Waals surface area contributed by atoms with Gasteiger partial charge < -0.3 is 5.73 Å². The summed E-state index contributed by atoms with van der Waals surface area (Å²) in [7, 11) is 0. The van der Waals surface area contributed by atoms with E-state index in [2.05, 4.69) is 19.1 Å². The summed E-state index contributed by atoms with van der Waals surface area (Å²) in [6.45, 7) is 2.08. The maximum atomic E-state index is 5.85. The molecule has 18 heavy (non-hydrogen) atoms. The van der Waals surface area contributed by atoms with Gasteiger partial charge in [0.1, 0.15) is 0 Å². The minimum atomic E-state index is 0.769. The van der Waals surface area contributed by atoms with Crippen molar-refractivity contribution in [3.8, 4) is 11.3 Å². The van der Waals surface area contributed by atoms with E-state index in [9.17, 15) is 0 Å². The predicted octanol–water partition coefficient (Wildman–Crippen LogP) is 3.79. The number of rotatable bonds is 1. The lowest BCUT2D eigenvalue weighted by Gasteiger charge is -2.07. The molecule has 0 bridgehead atoms. The number of hydrogen-bond donors (Lipinski definition) is 1. The van der Waals surface area contributed by atoms with Gasteiger partial charge in [0.2, 0.25) is 0 Å². The van der Waals surface area contributed by atoms with Gasteiger partial charge in [-0.15, -0.1) is 0 Å². The van der Waals surface area contributed by atoms with Crippen molar-refractivity contribution in [1.29, 1.82) is 0 Å². The van der Waals surface area contributed by atoms with Crippen LogP contribution >= 0.6 is 0 Å². The first-order valence-corrected chi connectivity index (χ1v) is 5.96. The number of nitrogens with two attached hydrogens (primary N) is 1. The number of aromatic nitrogens is 1. The quantitative estimate of drug-likeness (QED) is 0.650. The zero-order valence-corrected chi connectivity index (χ0v) is 10.2. The molecule has 0 amide bonds. The van der Waals surface area contributed by atoms with E-state index in [0.717, 1.165) is 27.8 Å². The molecule has 0 radical (unpaired) electrons. The molecule has 3 aromatic rings. The van der Waals surface area contributed by atoms with Crippen molar-refractivity contribution >= 4 is 16.6 Å². The maximum Gasteiger partial charge on any atom is 0.0713 e. The minimum absolute atomic E-state index is 0.769. The van der Waals surface area contributed by atoms with Crippen molar-refractivity contribution in [3.05, 3.63) is 60.2 Å². The molecular weight excluding hydrogens is 220 g/mol. The average Bonchev–Trinajstić information content (AvgIpc) is 2.41. The lowest BCUT2D eigenvalue weighted by Crippen LogP contribution is -1.91.